The molecule has 0 aliphatic rings. The summed E-state index contributed by atoms with van der Waals surface area (Å²) >= 11 is 0. The van der Waals surface area contributed by atoms with E-state index in [0.29, 0.717) is 6.61 Å². The second-order valence-electron chi connectivity index (χ2n) is 6.05. The summed E-state index contributed by atoms with van der Waals surface area (Å²) in [6, 6.07) is 6.05. The lowest BCUT2D eigenvalue weighted by Crippen LogP contribution is -2.26. The van der Waals surface area contributed by atoms with Crippen molar-refractivity contribution in [1.29, 1.82) is 0 Å². The summed E-state index contributed by atoms with van der Waals surface area (Å²) in [5, 5.41) is 0. The summed E-state index contributed by atoms with van der Waals surface area (Å²) in [5.74, 6) is -0.315. The maximum absolute atomic E-state index is 11.6. The van der Waals surface area contributed by atoms with E-state index in [4.69, 9.17) is 10.5 Å². The largest absolute Gasteiger partial charge is 0.463 e. The maximum atomic E-state index is 11.6. The van der Waals surface area contributed by atoms with E-state index in [1.54, 1.807) is 6.92 Å². The Hall–Kier alpha value is -1.97. The number of nitrogen functional groups attached to an aromatic ring is 1. The number of unbranched alkanes of at least 4 members (excludes halogenated alkanes) is 2. The Morgan fingerprint density at radius 2 is 1.79 bits per heavy atom. The van der Waals surface area contributed by atoms with Gasteiger partial charge in [0.25, 0.3) is 0 Å². The fourth-order valence-corrected chi connectivity index (χ4v) is 2.58. The number of carbonyl (C=O) groups excluding carboxylic acids is 1. The molecule has 4 heteroatoms. The van der Waals surface area contributed by atoms with E-state index in [9.17, 15) is 4.79 Å². The molecule has 0 saturated heterocycles. The molecule has 134 valence electrons. The molecule has 4 nitrogen and oxygen atoms in total. The first-order valence-corrected chi connectivity index (χ1v) is 9.03. The Morgan fingerprint density at radius 3 is 2.29 bits per heavy atom. The quantitative estimate of drug-likeness (QED) is 0.385. The van der Waals surface area contributed by atoms with Crippen LogP contribution >= 0.6 is 0 Å². The van der Waals surface area contributed by atoms with Crippen LogP contribution in [0.25, 0.3) is 5.57 Å². The highest BCUT2D eigenvalue weighted by atomic mass is 16.5. The summed E-state index contributed by atoms with van der Waals surface area (Å²) in [6.45, 7) is 10.5. The van der Waals surface area contributed by atoms with Crippen LogP contribution in [-0.4, -0.2) is 25.7 Å². The highest BCUT2D eigenvalue weighted by Gasteiger charge is 2.11. The van der Waals surface area contributed by atoms with E-state index in [0.717, 1.165) is 48.4 Å². The van der Waals surface area contributed by atoms with Crippen molar-refractivity contribution in [3.8, 4) is 0 Å². The predicted octanol–water partition coefficient (Wildman–Crippen LogP) is 4.64. The molecule has 0 unspecified atom stereocenters. The Morgan fingerprint density at radius 1 is 1.17 bits per heavy atom. The molecule has 0 aliphatic carbocycles. The molecule has 24 heavy (non-hydrogen) atoms. The number of nitrogens with zero attached hydrogens (tertiary/aromatic N) is 1. The normalized spacial score (nSPS) is 11.4. The molecule has 0 radical (unpaired) electrons. The molecule has 1 aromatic rings. The van der Waals surface area contributed by atoms with E-state index in [1.165, 1.54) is 18.9 Å². The number of hydrogen-bond donors (Lipinski definition) is 1. The minimum atomic E-state index is -0.315. The fraction of sp³-hybridized carbons (Fsp3) is 0.550. The molecular weight excluding hydrogens is 300 g/mol. The summed E-state index contributed by atoms with van der Waals surface area (Å²) < 4.78 is 4.96. The van der Waals surface area contributed by atoms with Gasteiger partial charge >= 0.3 is 5.97 Å². The van der Waals surface area contributed by atoms with E-state index < -0.39 is 0 Å². The molecule has 0 saturated carbocycles. The summed E-state index contributed by atoms with van der Waals surface area (Å²) in [5.41, 5.74) is 9.97. The van der Waals surface area contributed by atoms with Crippen molar-refractivity contribution in [3.05, 3.63) is 29.8 Å². The molecule has 0 heterocycles. The molecule has 1 rings (SSSR count). The van der Waals surface area contributed by atoms with Gasteiger partial charge < -0.3 is 15.4 Å². The van der Waals surface area contributed by atoms with Crippen molar-refractivity contribution in [2.45, 2.75) is 53.4 Å². The van der Waals surface area contributed by atoms with Gasteiger partial charge in [0.05, 0.1) is 18.0 Å². The van der Waals surface area contributed by atoms with E-state index in [2.05, 4.69) is 24.8 Å². The average Bonchev–Trinajstić information content (AvgIpc) is 2.55. The van der Waals surface area contributed by atoms with Gasteiger partial charge in [0.15, 0.2) is 0 Å². The van der Waals surface area contributed by atoms with Gasteiger partial charge in [-0.25, -0.2) is 4.79 Å². The topological polar surface area (TPSA) is 55.6 Å². The van der Waals surface area contributed by atoms with Crippen LogP contribution in [0.4, 0.5) is 11.4 Å². The Labute approximate surface area is 146 Å². The number of allylic oxidation sites excluding steroid dienone is 1. The minimum Gasteiger partial charge on any atom is -0.463 e. The molecule has 0 aromatic heterocycles. The lowest BCUT2D eigenvalue weighted by Gasteiger charge is -2.26. The monoisotopic (exact) mass is 332 g/mol. The van der Waals surface area contributed by atoms with Crippen LogP contribution in [0.3, 0.4) is 0 Å². The lowest BCUT2D eigenvalue weighted by atomic mass is 10.0. The molecule has 0 spiro atoms. The van der Waals surface area contributed by atoms with Crippen LogP contribution in [0.2, 0.25) is 0 Å². The number of esters is 1. The Balaban J connectivity index is 2.97. The van der Waals surface area contributed by atoms with Crippen molar-refractivity contribution in [2.75, 3.05) is 30.3 Å². The van der Waals surface area contributed by atoms with Crippen molar-refractivity contribution in [2.24, 2.45) is 0 Å². The van der Waals surface area contributed by atoms with Crippen LogP contribution in [-0.2, 0) is 9.53 Å². The van der Waals surface area contributed by atoms with Gasteiger partial charge in [-0.05, 0) is 50.0 Å². The molecule has 0 bridgehead atoms. The number of benzene rings is 1. The van der Waals surface area contributed by atoms with Gasteiger partial charge in [0, 0.05) is 19.2 Å². The standard InChI is InChI=1S/C20H32N2O2/c1-5-8-12-22(13-9-6-2)19-11-10-17(15-18(19)21)16(4)14-20(23)24-7-3/h10-11,14-15H,5-9,12-13,21H2,1-4H3/b16-14-. The molecule has 0 atom stereocenters. The Kier molecular flexibility index (Phi) is 8.98. The van der Waals surface area contributed by atoms with E-state index in [-0.39, 0.29) is 5.97 Å². The molecule has 1 aromatic carbocycles. The third-order valence-corrected chi connectivity index (χ3v) is 4.01. The number of carbonyl (C=O) groups is 1. The third-order valence-electron chi connectivity index (χ3n) is 4.01. The zero-order chi connectivity index (χ0) is 17.9. The van der Waals surface area contributed by atoms with Gasteiger partial charge in [0.2, 0.25) is 0 Å². The maximum Gasteiger partial charge on any atom is 0.331 e. The average molecular weight is 332 g/mol. The third kappa shape index (κ3) is 6.26. The highest BCUT2D eigenvalue weighted by molar-refractivity contribution is 5.91. The first-order chi connectivity index (χ1) is 11.5. The SMILES string of the molecule is CCCCN(CCCC)c1ccc(/C(C)=C\C(=O)OCC)cc1N. The fourth-order valence-electron chi connectivity index (χ4n) is 2.58. The van der Waals surface area contributed by atoms with Crippen LogP contribution in [0.5, 0.6) is 0 Å². The first kappa shape index (κ1) is 20.1. The lowest BCUT2D eigenvalue weighted by molar-refractivity contribution is -0.137. The number of nitrogens with two attached hydrogens (primary N) is 1. The van der Waals surface area contributed by atoms with Gasteiger partial charge in [0.1, 0.15) is 0 Å². The van der Waals surface area contributed by atoms with Gasteiger partial charge in [-0.3, -0.25) is 0 Å². The van der Waals surface area contributed by atoms with Crippen LogP contribution in [0.1, 0.15) is 58.9 Å². The summed E-state index contributed by atoms with van der Waals surface area (Å²) in [6.07, 6.45) is 6.17. The molecule has 0 fully saturated rings. The summed E-state index contributed by atoms with van der Waals surface area (Å²) in [7, 11) is 0. The minimum absolute atomic E-state index is 0.315. The van der Waals surface area contributed by atoms with Crippen LogP contribution in [0, 0.1) is 0 Å². The van der Waals surface area contributed by atoms with Crippen molar-refractivity contribution in [1.82, 2.24) is 0 Å². The molecular formula is C20H32N2O2. The van der Waals surface area contributed by atoms with Gasteiger partial charge in [-0.15, -0.1) is 0 Å². The van der Waals surface area contributed by atoms with Crippen LogP contribution in [0.15, 0.2) is 24.3 Å². The molecule has 2 N–H and O–H groups in total. The number of rotatable bonds is 10. The molecule has 0 aliphatic heterocycles. The number of anilines is 2. The zero-order valence-corrected chi connectivity index (χ0v) is 15.6. The predicted molar refractivity (Wildman–Crippen MR) is 103 cm³/mol. The number of ether oxygens (including phenoxy) is 1. The second-order valence-corrected chi connectivity index (χ2v) is 6.05. The van der Waals surface area contributed by atoms with Crippen molar-refractivity contribution >= 4 is 22.9 Å². The Bertz CT molecular complexity index is 545. The second kappa shape index (κ2) is 10.7. The van der Waals surface area contributed by atoms with Crippen molar-refractivity contribution in [3.63, 3.8) is 0 Å². The molecule has 0 amide bonds. The zero-order valence-electron chi connectivity index (χ0n) is 15.6. The summed E-state index contributed by atoms with van der Waals surface area (Å²) in [4.78, 5) is 14.0. The number of hydrogen-bond acceptors (Lipinski definition) is 4. The highest BCUT2D eigenvalue weighted by Crippen LogP contribution is 2.28. The first-order valence-electron chi connectivity index (χ1n) is 9.03. The smallest absolute Gasteiger partial charge is 0.331 e. The van der Waals surface area contributed by atoms with Gasteiger partial charge in [-0.1, -0.05) is 32.8 Å². The van der Waals surface area contributed by atoms with E-state index in [1.807, 2.05) is 19.1 Å². The van der Waals surface area contributed by atoms with Crippen molar-refractivity contribution < 1.29 is 9.53 Å². The van der Waals surface area contributed by atoms with E-state index >= 15 is 0 Å². The van der Waals surface area contributed by atoms with Crippen LogP contribution < -0.4 is 10.6 Å². The van der Waals surface area contributed by atoms with Gasteiger partial charge in [-0.2, -0.15) is 0 Å².